The van der Waals surface area contributed by atoms with Crippen LogP contribution in [0.3, 0.4) is 0 Å². The van der Waals surface area contributed by atoms with Crippen molar-refractivity contribution in [1.29, 1.82) is 0 Å². The molecule has 0 fully saturated rings. The number of para-hydroxylation sites is 2. The number of hydrogen-bond acceptors (Lipinski definition) is 1. The molecule has 0 aliphatic rings. The molecular weight excluding hydrogens is 641 g/mol. The lowest BCUT2D eigenvalue weighted by Crippen LogP contribution is -1.99. The zero-order valence-corrected chi connectivity index (χ0v) is 29.5. The molecule has 53 heavy (non-hydrogen) atoms. The van der Waals surface area contributed by atoms with Gasteiger partial charge in [-0.2, -0.15) is 0 Å². The lowest BCUT2D eigenvalue weighted by Gasteiger charge is -2.19. The molecule has 0 saturated heterocycles. The van der Waals surface area contributed by atoms with Crippen LogP contribution in [0.25, 0.3) is 93.5 Å². The van der Waals surface area contributed by atoms with Crippen LogP contribution in [0.2, 0.25) is 0 Å². The highest BCUT2D eigenvalue weighted by Gasteiger charge is 2.18. The lowest BCUT2D eigenvalue weighted by molar-refractivity contribution is 0.908. The molecule has 0 atom stereocenters. The molecule has 0 aliphatic heterocycles. The van der Waals surface area contributed by atoms with Crippen molar-refractivity contribution in [3.63, 3.8) is 0 Å². The van der Waals surface area contributed by atoms with Gasteiger partial charge in [0.15, 0.2) is 0 Å². The van der Waals surface area contributed by atoms with Crippen LogP contribution in [0.1, 0.15) is 12.7 Å². The third-order valence-corrected chi connectivity index (χ3v) is 10.7. The monoisotopic (exact) mass is 676 g/mol. The second-order valence-electron chi connectivity index (χ2n) is 13.8. The first-order chi connectivity index (χ1) is 26.2. The van der Waals surface area contributed by atoms with E-state index >= 15 is 0 Å². The fourth-order valence-electron chi connectivity index (χ4n) is 8.19. The van der Waals surface area contributed by atoms with Crippen LogP contribution in [0.4, 0.5) is 0 Å². The molecule has 0 spiro atoms. The van der Waals surface area contributed by atoms with Gasteiger partial charge in [-0.05, 0) is 113 Å². The molecule has 0 bridgehead atoms. The van der Waals surface area contributed by atoms with Crippen LogP contribution in [0.15, 0.2) is 188 Å². The van der Waals surface area contributed by atoms with Crippen molar-refractivity contribution in [2.24, 2.45) is 0 Å². The van der Waals surface area contributed by atoms with Crippen LogP contribution in [-0.4, -0.2) is 9.55 Å². The van der Waals surface area contributed by atoms with E-state index in [2.05, 4.69) is 200 Å². The molecule has 0 aliphatic carbocycles. The van der Waals surface area contributed by atoms with Gasteiger partial charge in [0.05, 0.1) is 11.0 Å². The predicted octanol–water partition coefficient (Wildman–Crippen LogP) is 13.7. The number of aryl methyl sites for hydroxylation is 1. The van der Waals surface area contributed by atoms with Crippen molar-refractivity contribution in [3.8, 4) is 50.2 Å². The van der Waals surface area contributed by atoms with Gasteiger partial charge in [-0.25, -0.2) is 4.98 Å². The second kappa shape index (κ2) is 12.8. The average molecular weight is 677 g/mol. The number of nitrogens with zero attached hydrogens (tertiary/aromatic N) is 2. The zero-order chi connectivity index (χ0) is 35.3. The third kappa shape index (κ3) is 5.30. The van der Waals surface area contributed by atoms with Gasteiger partial charge in [0.2, 0.25) is 0 Å². The van der Waals surface area contributed by atoms with Crippen LogP contribution in [-0.2, 0) is 6.42 Å². The van der Waals surface area contributed by atoms with Crippen molar-refractivity contribution in [1.82, 2.24) is 9.55 Å². The molecule has 2 heteroatoms. The summed E-state index contributed by atoms with van der Waals surface area (Å²) in [7, 11) is 0. The smallest absolute Gasteiger partial charge is 0.114 e. The Bertz CT molecular complexity index is 2950. The van der Waals surface area contributed by atoms with Crippen molar-refractivity contribution in [3.05, 3.63) is 194 Å². The molecule has 10 aromatic rings. The molecule has 0 N–H and O–H groups in total. The predicted molar refractivity (Wildman–Crippen MR) is 225 cm³/mol. The summed E-state index contributed by atoms with van der Waals surface area (Å²) >= 11 is 0. The maximum Gasteiger partial charge on any atom is 0.114 e. The summed E-state index contributed by atoms with van der Waals surface area (Å²) in [6.07, 6.45) is 0.873. The fourth-order valence-corrected chi connectivity index (χ4v) is 8.19. The van der Waals surface area contributed by atoms with Crippen molar-refractivity contribution < 1.29 is 0 Å². The highest BCUT2D eigenvalue weighted by Crippen LogP contribution is 2.45. The first-order valence-electron chi connectivity index (χ1n) is 18.4. The minimum absolute atomic E-state index is 0.873. The normalized spacial score (nSPS) is 11.6. The maximum absolute atomic E-state index is 4.89. The molecule has 1 heterocycles. The number of aromatic nitrogens is 2. The molecule has 0 unspecified atom stereocenters. The Balaban J connectivity index is 1.12. The van der Waals surface area contributed by atoms with Gasteiger partial charge in [0.25, 0.3) is 0 Å². The molecule has 10 rings (SSSR count). The Hall–Kier alpha value is -6.77. The zero-order valence-electron chi connectivity index (χ0n) is 29.5. The molecular formula is C51H36N2. The third-order valence-electron chi connectivity index (χ3n) is 10.7. The maximum atomic E-state index is 4.89. The molecule has 250 valence electrons. The largest absolute Gasteiger partial charge is 0.296 e. The number of fused-ring (bicyclic) bond motifs is 4. The molecule has 2 nitrogen and oxygen atoms in total. The topological polar surface area (TPSA) is 17.8 Å². The Morgan fingerprint density at radius 3 is 1.70 bits per heavy atom. The molecule has 9 aromatic carbocycles. The minimum atomic E-state index is 0.873. The summed E-state index contributed by atoms with van der Waals surface area (Å²) < 4.78 is 2.28. The van der Waals surface area contributed by atoms with Gasteiger partial charge < -0.3 is 0 Å². The van der Waals surface area contributed by atoms with Crippen LogP contribution < -0.4 is 0 Å². The lowest BCUT2D eigenvalue weighted by atomic mass is 9.84. The summed E-state index contributed by atoms with van der Waals surface area (Å²) in [6, 6.07) is 68.6. The van der Waals surface area contributed by atoms with E-state index in [4.69, 9.17) is 4.98 Å². The van der Waals surface area contributed by atoms with Gasteiger partial charge in [-0.15, -0.1) is 0 Å². The first kappa shape index (κ1) is 31.0. The molecule has 0 amide bonds. The number of hydrogen-bond donors (Lipinski definition) is 0. The van der Waals surface area contributed by atoms with Crippen molar-refractivity contribution in [2.75, 3.05) is 0 Å². The van der Waals surface area contributed by atoms with E-state index < -0.39 is 0 Å². The van der Waals surface area contributed by atoms with Gasteiger partial charge >= 0.3 is 0 Å². The fraction of sp³-hybridized carbons (Fsp3) is 0.0392. The van der Waals surface area contributed by atoms with Gasteiger partial charge in [0, 0.05) is 12.1 Å². The van der Waals surface area contributed by atoms with E-state index in [0.29, 0.717) is 0 Å². The van der Waals surface area contributed by atoms with E-state index in [1.807, 2.05) is 0 Å². The SMILES string of the molecule is CCc1nc2ccccc2n1-c1ccc(-c2ccc(-c3c4ccccc4c(-c4ccc5ccccc5c4)c4cc(-c5ccccc5)ccc34)cc2)cc1. The highest BCUT2D eigenvalue weighted by atomic mass is 15.1. The quantitative estimate of drug-likeness (QED) is 0.160. The van der Waals surface area contributed by atoms with E-state index in [0.717, 1.165) is 29.0 Å². The van der Waals surface area contributed by atoms with E-state index in [1.54, 1.807) is 0 Å². The number of imidazole rings is 1. The van der Waals surface area contributed by atoms with Gasteiger partial charge in [-0.3, -0.25) is 4.57 Å². The Labute approximate surface area is 309 Å². The van der Waals surface area contributed by atoms with Crippen LogP contribution in [0.5, 0.6) is 0 Å². The molecule has 1 aromatic heterocycles. The van der Waals surface area contributed by atoms with E-state index in [9.17, 15) is 0 Å². The molecule has 0 saturated carbocycles. The highest BCUT2D eigenvalue weighted by molar-refractivity contribution is 6.22. The van der Waals surface area contributed by atoms with Gasteiger partial charge in [-0.1, -0.05) is 159 Å². The number of rotatable bonds is 6. The van der Waals surface area contributed by atoms with Gasteiger partial charge in [0.1, 0.15) is 5.82 Å². The standard InChI is InChI=1S/C51H36N2/c1-2-49-52-47-18-10-11-19-48(47)53(49)42-29-26-37(27-30-42)36-20-23-38(24-21-36)50-43-16-8-9-17-44(43)51(41-25-22-35-14-6-7-15-39(35)32-41)46-33-40(28-31-45(46)50)34-12-4-3-5-13-34/h3-33H,2H2,1H3. The average Bonchev–Trinajstić information content (AvgIpc) is 3.62. The van der Waals surface area contributed by atoms with Crippen LogP contribution in [0, 0.1) is 0 Å². The Morgan fingerprint density at radius 2 is 0.943 bits per heavy atom. The van der Waals surface area contributed by atoms with Crippen molar-refractivity contribution in [2.45, 2.75) is 13.3 Å². The first-order valence-corrected chi connectivity index (χ1v) is 18.4. The minimum Gasteiger partial charge on any atom is -0.296 e. The Kier molecular flexibility index (Phi) is 7.47. The molecule has 0 radical (unpaired) electrons. The summed E-state index contributed by atoms with van der Waals surface area (Å²) in [5.74, 6) is 1.07. The Morgan fingerprint density at radius 1 is 0.396 bits per heavy atom. The van der Waals surface area contributed by atoms with E-state index in [1.165, 1.54) is 76.8 Å². The number of benzene rings is 9. The summed E-state index contributed by atoms with van der Waals surface area (Å²) in [4.78, 5) is 4.89. The second-order valence-corrected chi connectivity index (χ2v) is 13.8. The summed E-state index contributed by atoms with van der Waals surface area (Å²) in [5.41, 5.74) is 13.1. The summed E-state index contributed by atoms with van der Waals surface area (Å²) in [5, 5.41) is 7.53. The van der Waals surface area contributed by atoms with Crippen LogP contribution >= 0.6 is 0 Å². The van der Waals surface area contributed by atoms with Crippen molar-refractivity contribution >= 4 is 43.4 Å². The summed E-state index contributed by atoms with van der Waals surface area (Å²) in [6.45, 7) is 2.17. The van der Waals surface area contributed by atoms with E-state index in [-0.39, 0.29) is 0 Å².